The molecule has 1 amide bonds. The fourth-order valence-corrected chi connectivity index (χ4v) is 2.36. The summed E-state index contributed by atoms with van der Waals surface area (Å²) in [4.78, 5) is 20.2. The van der Waals surface area contributed by atoms with Gasteiger partial charge >= 0.3 is 0 Å². The molecule has 0 aromatic carbocycles. The third-order valence-electron chi connectivity index (χ3n) is 3.92. The summed E-state index contributed by atoms with van der Waals surface area (Å²) < 4.78 is 0. The average molecular weight is 292 g/mol. The van der Waals surface area contributed by atoms with E-state index in [0.29, 0.717) is 13.0 Å². The molecular formula is C16H28N4O. The Morgan fingerprint density at radius 1 is 1.29 bits per heavy atom. The zero-order valence-corrected chi connectivity index (χ0v) is 13.5. The van der Waals surface area contributed by atoms with Crippen LogP contribution in [0.2, 0.25) is 0 Å². The number of likely N-dealkylation sites (N-methyl/N-ethyl adjacent to an activating group) is 1. The molecule has 0 spiro atoms. The van der Waals surface area contributed by atoms with Gasteiger partial charge in [-0.1, -0.05) is 0 Å². The molecule has 0 aliphatic heterocycles. The molecule has 21 heavy (non-hydrogen) atoms. The van der Waals surface area contributed by atoms with Crippen molar-refractivity contribution >= 4 is 5.91 Å². The Kier molecular flexibility index (Phi) is 7.93. The molecule has 0 radical (unpaired) electrons. The standard InChI is InChI=1S/C16H28N4O/c1-4-20(5-2)16(21)12-15(13-17)19(3)11-8-14-6-9-18-10-7-14/h6-7,9-10,15H,4-5,8,11-13,17H2,1-3H3. The zero-order valence-electron chi connectivity index (χ0n) is 13.5. The summed E-state index contributed by atoms with van der Waals surface area (Å²) >= 11 is 0. The smallest absolute Gasteiger partial charge is 0.224 e. The van der Waals surface area contributed by atoms with Gasteiger partial charge in [0.25, 0.3) is 0 Å². The summed E-state index contributed by atoms with van der Waals surface area (Å²) in [6.07, 6.45) is 5.04. The second-order valence-corrected chi connectivity index (χ2v) is 5.25. The van der Waals surface area contributed by atoms with Crippen LogP contribution in [0, 0.1) is 0 Å². The van der Waals surface area contributed by atoms with E-state index in [1.54, 1.807) is 12.4 Å². The highest BCUT2D eigenvalue weighted by molar-refractivity contribution is 5.76. The predicted molar refractivity (Wildman–Crippen MR) is 86.0 cm³/mol. The van der Waals surface area contributed by atoms with Gasteiger partial charge in [0.05, 0.1) is 0 Å². The number of nitrogens with two attached hydrogens (primary N) is 1. The van der Waals surface area contributed by atoms with Crippen LogP contribution in [0.3, 0.4) is 0 Å². The van der Waals surface area contributed by atoms with Gasteiger partial charge in [0.2, 0.25) is 5.91 Å². The van der Waals surface area contributed by atoms with Crippen molar-refractivity contribution in [1.29, 1.82) is 0 Å². The Morgan fingerprint density at radius 2 is 1.90 bits per heavy atom. The van der Waals surface area contributed by atoms with E-state index in [0.717, 1.165) is 26.1 Å². The summed E-state index contributed by atoms with van der Waals surface area (Å²) in [7, 11) is 2.04. The third kappa shape index (κ3) is 5.81. The van der Waals surface area contributed by atoms with Crippen molar-refractivity contribution in [2.45, 2.75) is 32.7 Å². The van der Waals surface area contributed by atoms with Crippen molar-refractivity contribution < 1.29 is 4.79 Å². The largest absolute Gasteiger partial charge is 0.343 e. The molecule has 1 aromatic heterocycles. The molecule has 1 rings (SSSR count). The summed E-state index contributed by atoms with van der Waals surface area (Å²) in [6.45, 7) is 6.91. The normalized spacial score (nSPS) is 12.4. The monoisotopic (exact) mass is 292 g/mol. The van der Waals surface area contributed by atoms with Gasteiger partial charge in [0.15, 0.2) is 0 Å². The maximum atomic E-state index is 12.2. The number of nitrogens with zero attached hydrogens (tertiary/aromatic N) is 3. The molecule has 0 aliphatic carbocycles. The van der Waals surface area contributed by atoms with Crippen LogP contribution < -0.4 is 5.73 Å². The molecule has 0 fully saturated rings. The SMILES string of the molecule is CCN(CC)C(=O)CC(CN)N(C)CCc1ccncc1. The third-order valence-corrected chi connectivity index (χ3v) is 3.92. The van der Waals surface area contributed by atoms with E-state index in [9.17, 15) is 4.79 Å². The molecule has 0 aliphatic rings. The lowest BCUT2D eigenvalue weighted by Crippen LogP contribution is -2.43. The Morgan fingerprint density at radius 3 is 2.43 bits per heavy atom. The number of carbonyl (C=O) groups is 1. The summed E-state index contributed by atoms with van der Waals surface area (Å²) in [6, 6.07) is 4.14. The van der Waals surface area contributed by atoms with Crippen LogP contribution in [-0.2, 0) is 11.2 Å². The van der Waals surface area contributed by atoms with Crippen LogP contribution in [0.1, 0.15) is 25.8 Å². The van der Waals surface area contributed by atoms with Crippen LogP contribution in [-0.4, -0.2) is 60.0 Å². The van der Waals surface area contributed by atoms with Gasteiger partial charge in [-0.3, -0.25) is 9.78 Å². The minimum atomic E-state index is 0.0972. The van der Waals surface area contributed by atoms with Crippen molar-refractivity contribution in [2.24, 2.45) is 5.73 Å². The summed E-state index contributed by atoms with van der Waals surface area (Å²) in [5, 5.41) is 0. The maximum Gasteiger partial charge on any atom is 0.224 e. The highest BCUT2D eigenvalue weighted by Crippen LogP contribution is 2.07. The molecule has 5 nitrogen and oxygen atoms in total. The zero-order chi connectivity index (χ0) is 15.7. The molecule has 0 saturated carbocycles. The molecule has 1 atom stereocenters. The molecule has 2 N–H and O–H groups in total. The number of hydrogen-bond donors (Lipinski definition) is 1. The van der Waals surface area contributed by atoms with Crippen LogP contribution >= 0.6 is 0 Å². The van der Waals surface area contributed by atoms with Gasteiger partial charge in [-0.15, -0.1) is 0 Å². The van der Waals surface area contributed by atoms with Gasteiger partial charge in [0, 0.05) is 51.0 Å². The van der Waals surface area contributed by atoms with E-state index in [-0.39, 0.29) is 11.9 Å². The molecule has 118 valence electrons. The van der Waals surface area contributed by atoms with E-state index in [1.165, 1.54) is 5.56 Å². The van der Waals surface area contributed by atoms with E-state index >= 15 is 0 Å². The van der Waals surface area contributed by atoms with E-state index < -0.39 is 0 Å². The van der Waals surface area contributed by atoms with E-state index in [4.69, 9.17) is 5.73 Å². The second-order valence-electron chi connectivity index (χ2n) is 5.25. The molecule has 1 heterocycles. The number of pyridine rings is 1. The Bertz CT molecular complexity index is 406. The van der Waals surface area contributed by atoms with Crippen molar-refractivity contribution in [3.63, 3.8) is 0 Å². The number of rotatable bonds is 9. The fraction of sp³-hybridized carbons (Fsp3) is 0.625. The van der Waals surface area contributed by atoms with Crippen LogP contribution in [0.15, 0.2) is 24.5 Å². The lowest BCUT2D eigenvalue weighted by Gasteiger charge is -2.29. The first-order valence-electron chi connectivity index (χ1n) is 7.69. The summed E-state index contributed by atoms with van der Waals surface area (Å²) in [5.74, 6) is 0.186. The number of aromatic nitrogens is 1. The van der Waals surface area contributed by atoms with Gasteiger partial charge in [0.1, 0.15) is 0 Å². The molecule has 1 unspecified atom stereocenters. The van der Waals surface area contributed by atoms with Crippen LogP contribution in [0.4, 0.5) is 0 Å². The van der Waals surface area contributed by atoms with Crippen molar-refractivity contribution in [2.75, 3.05) is 33.2 Å². The average Bonchev–Trinajstić information content (AvgIpc) is 2.52. The van der Waals surface area contributed by atoms with E-state index in [2.05, 4.69) is 9.88 Å². The number of hydrogen-bond acceptors (Lipinski definition) is 4. The number of amides is 1. The fourth-order valence-electron chi connectivity index (χ4n) is 2.36. The quantitative estimate of drug-likeness (QED) is 0.741. The van der Waals surface area contributed by atoms with Gasteiger partial charge in [-0.2, -0.15) is 0 Å². The van der Waals surface area contributed by atoms with Crippen LogP contribution in [0.25, 0.3) is 0 Å². The number of carbonyl (C=O) groups excluding carboxylic acids is 1. The minimum absolute atomic E-state index is 0.0972. The Labute approximate surface area is 128 Å². The first-order chi connectivity index (χ1) is 10.1. The topological polar surface area (TPSA) is 62.5 Å². The van der Waals surface area contributed by atoms with Crippen molar-refractivity contribution in [3.05, 3.63) is 30.1 Å². The Balaban J connectivity index is 2.49. The van der Waals surface area contributed by atoms with Crippen LogP contribution in [0.5, 0.6) is 0 Å². The molecular weight excluding hydrogens is 264 g/mol. The first-order valence-corrected chi connectivity index (χ1v) is 7.69. The lowest BCUT2D eigenvalue weighted by atomic mass is 10.1. The maximum absolute atomic E-state index is 12.2. The molecule has 0 saturated heterocycles. The molecule has 5 heteroatoms. The summed E-state index contributed by atoms with van der Waals surface area (Å²) in [5.41, 5.74) is 7.10. The highest BCUT2D eigenvalue weighted by atomic mass is 16.2. The first kappa shape index (κ1) is 17.6. The van der Waals surface area contributed by atoms with Gasteiger partial charge in [-0.25, -0.2) is 0 Å². The lowest BCUT2D eigenvalue weighted by molar-refractivity contribution is -0.132. The van der Waals surface area contributed by atoms with Crippen molar-refractivity contribution in [3.8, 4) is 0 Å². The molecule has 1 aromatic rings. The Hall–Kier alpha value is -1.46. The van der Waals surface area contributed by atoms with Crippen molar-refractivity contribution in [1.82, 2.24) is 14.8 Å². The predicted octanol–water partition coefficient (Wildman–Crippen LogP) is 1.14. The minimum Gasteiger partial charge on any atom is -0.343 e. The van der Waals surface area contributed by atoms with Gasteiger partial charge < -0.3 is 15.5 Å². The van der Waals surface area contributed by atoms with Gasteiger partial charge in [-0.05, 0) is 45.0 Å². The van der Waals surface area contributed by atoms with E-state index in [1.807, 2.05) is 37.9 Å². The second kappa shape index (κ2) is 9.47. The molecule has 0 bridgehead atoms. The highest BCUT2D eigenvalue weighted by Gasteiger charge is 2.19.